The third-order valence-corrected chi connectivity index (χ3v) is 3.22. The predicted molar refractivity (Wildman–Crippen MR) is 73.5 cm³/mol. The number of hydrogen-bond donors (Lipinski definition) is 1. The van der Waals surface area contributed by atoms with Gasteiger partial charge >= 0.3 is 12.6 Å². The van der Waals surface area contributed by atoms with Gasteiger partial charge in [-0.1, -0.05) is 23.4 Å². The van der Waals surface area contributed by atoms with E-state index >= 15 is 0 Å². The fourth-order valence-corrected chi connectivity index (χ4v) is 2.06. The average molecular weight is 312 g/mol. The molecule has 8 heteroatoms. The molecule has 0 bridgehead atoms. The highest BCUT2D eigenvalue weighted by molar-refractivity contribution is 7.12. The first-order valence-corrected chi connectivity index (χ1v) is 6.58. The Morgan fingerprint density at radius 2 is 2.00 bits per heavy atom. The third-order valence-electron chi connectivity index (χ3n) is 2.32. The molecular formula is C13H10F2N2O3S. The number of ether oxygens (including phenoxy) is 1. The largest absolute Gasteiger partial charge is 0.434 e. The van der Waals surface area contributed by atoms with Crippen LogP contribution in [0.4, 0.5) is 8.78 Å². The van der Waals surface area contributed by atoms with E-state index in [0.717, 1.165) is 0 Å². The van der Waals surface area contributed by atoms with Crippen molar-refractivity contribution in [2.75, 3.05) is 0 Å². The zero-order valence-electron chi connectivity index (χ0n) is 10.5. The molecule has 0 aliphatic rings. The van der Waals surface area contributed by atoms with Crippen LogP contribution < -0.4 is 10.5 Å². The quantitative estimate of drug-likeness (QED) is 0.399. The summed E-state index contributed by atoms with van der Waals surface area (Å²) in [4.78, 5) is 17.1. The van der Waals surface area contributed by atoms with Gasteiger partial charge in [0.15, 0.2) is 5.84 Å². The lowest BCUT2D eigenvalue weighted by Crippen LogP contribution is -2.14. The normalized spacial score (nSPS) is 11.5. The maximum Gasteiger partial charge on any atom is 0.387 e. The van der Waals surface area contributed by atoms with Gasteiger partial charge in [-0.3, -0.25) is 0 Å². The molecule has 0 amide bonds. The van der Waals surface area contributed by atoms with Crippen LogP contribution in [0.25, 0.3) is 0 Å². The number of carbonyl (C=O) groups is 1. The van der Waals surface area contributed by atoms with Gasteiger partial charge in [0.25, 0.3) is 0 Å². The fourth-order valence-electron chi connectivity index (χ4n) is 1.44. The SMILES string of the molecule is N/C(=N\OC(=O)c1ccccc1OC(F)F)c1cccs1. The molecule has 2 rings (SSSR count). The minimum Gasteiger partial charge on any atom is -0.434 e. The number of alkyl halides is 2. The van der Waals surface area contributed by atoms with Crippen molar-refractivity contribution in [1.29, 1.82) is 0 Å². The molecular weight excluding hydrogens is 302 g/mol. The molecule has 0 fully saturated rings. The molecule has 0 aliphatic carbocycles. The van der Waals surface area contributed by atoms with E-state index in [4.69, 9.17) is 5.73 Å². The first kappa shape index (κ1) is 14.9. The average Bonchev–Trinajstić information content (AvgIpc) is 2.98. The second-order valence-electron chi connectivity index (χ2n) is 3.71. The standard InChI is InChI=1S/C13H10F2N2O3S/c14-13(15)19-9-5-2-1-4-8(9)12(18)20-17-11(16)10-6-3-7-21-10/h1-7,13H,(H2,16,17). The Balaban J connectivity index is 2.12. The number of halogens is 2. The summed E-state index contributed by atoms with van der Waals surface area (Å²) in [6.07, 6.45) is 0. The molecule has 0 radical (unpaired) electrons. The number of benzene rings is 1. The smallest absolute Gasteiger partial charge is 0.387 e. The lowest BCUT2D eigenvalue weighted by molar-refractivity contribution is -0.0504. The number of nitrogens with zero attached hydrogens (tertiary/aromatic N) is 1. The third kappa shape index (κ3) is 3.99. The minimum absolute atomic E-state index is 0.0191. The molecule has 0 unspecified atom stereocenters. The van der Waals surface area contributed by atoms with Gasteiger partial charge in [0.1, 0.15) is 11.3 Å². The molecule has 5 nitrogen and oxygen atoms in total. The molecule has 2 N–H and O–H groups in total. The molecule has 0 atom stereocenters. The second-order valence-corrected chi connectivity index (χ2v) is 4.65. The number of rotatable bonds is 5. The van der Waals surface area contributed by atoms with Gasteiger partial charge in [-0.05, 0) is 23.6 Å². The molecule has 1 aromatic heterocycles. The summed E-state index contributed by atoms with van der Waals surface area (Å²) in [7, 11) is 0. The Labute approximate surface area is 122 Å². The van der Waals surface area contributed by atoms with Crippen LogP contribution in [0, 0.1) is 0 Å². The van der Waals surface area contributed by atoms with Crippen molar-refractivity contribution < 1.29 is 23.1 Å². The topological polar surface area (TPSA) is 73.9 Å². The van der Waals surface area contributed by atoms with E-state index in [9.17, 15) is 13.6 Å². The van der Waals surface area contributed by atoms with Gasteiger partial charge in [0, 0.05) is 0 Å². The summed E-state index contributed by atoms with van der Waals surface area (Å²) >= 11 is 1.32. The zero-order valence-corrected chi connectivity index (χ0v) is 11.3. The van der Waals surface area contributed by atoms with Crippen LogP contribution in [0.5, 0.6) is 5.75 Å². The number of hydrogen-bond acceptors (Lipinski definition) is 5. The Morgan fingerprint density at radius 3 is 2.67 bits per heavy atom. The van der Waals surface area contributed by atoms with Crippen molar-refractivity contribution in [1.82, 2.24) is 0 Å². The number of carbonyl (C=O) groups excluding carboxylic acids is 1. The Bertz CT molecular complexity index is 645. The highest BCUT2D eigenvalue weighted by Crippen LogP contribution is 2.21. The van der Waals surface area contributed by atoms with E-state index in [1.54, 1.807) is 17.5 Å². The molecule has 1 heterocycles. The van der Waals surface area contributed by atoms with Crippen molar-refractivity contribution in [2.24, 2.45) is 10.9 Å². The van der Waals surface area contributed by atoms with Gasteiger partial charge in [-0.25, -0.2) is 4.79 Å². The molecule has 0 aliphatic heterocycles. The van der Waals surface area contributed by atoms with Crippen LogP contribution in [0.15, 0.2) is 46.9 Å². The van der Waals surface area contributed by atoms with Gasteiger partial charge in [0.2, 0.25) is 0 Å². The van der Waals surface area contributed by atoms with Crippen molar-refractivity contribution in [3.8, 4) is 5.75 Å². The van der Waals surface area contributed by atoms with Gasteiger partial charge in [-0.2, -0.15) is 8.78 Å². The van der Waals surface area contributed by atoms with Crippen molar-refractivity contribution >= 4 is 23.1 Å². The summed E-state index contributed by atoms with van der Waals surface area (Å²) in [6, 6.07) is 8.92. The van der Waals surface area contributed by atoms with Gasteiger partial charge in [-0.15, -0.1) is 11.3 Å². The molecule has 110 valence electrons. The number of nitrogens with two attached hydrogens (primary N) is 1. The van der Waals surface area contributed by atoms with Gasteiger partial charge in [0.05, 0.1) is 4.88 Å². The lowest BCUT2D eigenvalue weighted by atomic mass is 10.2. The number of para-hydroxylation sites is 1. The van der Waals surface area contributed by atoms with Crippen LogP contribution in [0.1, 0.15) is 15.2 Å². The highest BCUT2D eigenvalue weighted by Gasteiger charge is 2.17. The molecule has 0 spiro atoms. The first-order chi connectivity index (χ1) is 10.1. The maximum absolute atomic E-state index is 12.2. The second kappa shape index (κ2) is 6.80. The Hall–Kier alpha value is -2.48. The minimum atomic E-state index is -3.04. The fraction of sp³-hybridized carbons (Fsp3) is 0.0769. The van der Waals surface area contributed by atoms with E-state index in [1.807, 2.05) is 0 Å². The number of oxime groups is 1. The Kier molecular flexibility index (Phi) is 4.83. The summed E-state index contributed by atoms with van der Waals surface area (Å²) in [5, 5.41) is 5.26. The summed E-state index contributed by atoms with van der Waals surface area (Å²) in [6.45, 7) is -3.04. The molecule has 21 heavy (non-hydrogen) atoms. The van der Waals surface area contributed by atoms with Crippen molar-refractivity contribution in [3.05, 3.63) is 52.2 Å². The van der Waals surface area contributed by atoms with Crippen LogP contribution in [0.3, 0.4) is 0 Å². The van der Waals surface area contributed by atoms with E-state index in [0.29, 0.717) is 4.88 Å². The summed E-state index contributed by atoms with van der Waals surface area (Å²) in [5.41, 5.74) is 5.45. The van der Waals surface area contributed by atoms with Crippen LogP contribution in [-0.2, 0) is 4.84 Å². The predicted octanol–water partition coefficient (Wildman–Crippen LogP) is 2.83. The lowest BCUT2D eigenvalue weighted by Gasteiger charge is -2.08. The first-order valence-electron chi connectivity index (χ1n) is 5.70. The summed E-state index contributed by atoms with van der Waals surface area (Å²) in [5.74, 6) is -1.21. The molecule has 2 aromatic rings. The van der Waals surface area contributed by atoms with Crippen LogP contribution in [-0.4, -0.2) is 18.4 Å². The van der Waals surface area contributed by atoms with Crippen molar-refractivity contribution in [3.63, 3.8) is 0 Å². The van der Waals surface area contributed by atoms with Gasteiger partial charge < -0.3 is 15.3 Å². The molecule has 1 aromatic carbocycles. The maximum atomic E-state index is 12.2. The zero-order chi connectivity index (χ0) is 15.2. The van der Waals surface area contributed by atoms with E-state index < -0.39 is 12.6 Å². The van der Waals surface area contributed by atoms with Crippen LogP contribution in [0.2, 0.25) is 0 Å². The number of thiophene rings is 1. The monoisotopic (exact) mass is 312 g/mol. The van der Waals surface area contributed by atoms with Crippen molar-refractivity contribution in [2.45, 2.75) is 6.61 Å². The summed E-state index contributed by atoms with van der Waals surface area (Å²) < 4.78 is 28.7. The molecule has 0 saturated carbocycles. The van der Waals surface area contributed by atoms with Crippen LogP contribution >= 0.6 is 11.3 Å². The highest BCUT2D eigenvalue weighted by atomic mass is 32.1. The van der Waals surface area contributed by atoms with E-state index in [1.165, 1.54) is 35.6 Å². The molecule has 0 saturated heterocycles. The number of amidine groups is 1. The van der Waals surface area contributed by atoms with E-state index in [2.05, 4.69) is 14.7 Å². The van der Waals surface area contributed by atoms with E-state index in [-0.39, 0.29) is 17.1 Å². The Morgan fingerprint density at radius 1 is 1.24 bits per heavy atom.